The second-order valence-corrected chi connectivity index (χ2v) is 8.30. The zero-order valence-electron chi connectivity index (χ0n) is 14.1. The quantitative estimate of drug-likeness (QED) is 0.870. The lowest BCUT2D eigenvalue weighted by molar-refractivity contribution is 0.312. The van der Waals surface area contributed by atoms with Gasteiger partial charge in [-0.25, -0.2) is 13.1 Å². The van der Waals surface area contributed by atoms with Crippen LogP contribution in [-0.2, 0) is 16.6 Å². The molecule has 0 unspecified atom stereocenters. The van der Waals surface area contributed by atoms with E-state index in [1.54, 1.807) is 13.1 Å². The van der Waals surface area contributed by atoms with Crippen molar-refractivity contribution in [3.8, 4) is 0 Å². The van der Waals surface area contributed by atoms with Crippen molar-refractivity contribution in [1.82, 2.24) is 14.7 Å². The lowest BCUT2D eigenvalue weighted by Gasteiger charge is -2.18. The molecule has 6 nitrogen and oxygen atoms in total. The summed E-state index contributed by atoms with van der Waals surface area (Å²) in [7, 11) is -3.30. The monoisotopic (exact) mass is 348 g/mol. The molecule has 1 fully saturated rings. The summed E-state index contributed by atoms with van der Waals surface area (Å²) in [5.41, 5.74) is 2.15. The van der Waals surface area contributed by atoms with Crippen LogP contribution in [-0.4, -0.2) is 41.9 Å². The van der Waals surface area contributed by atoms with Gasteiger partial charge in [0.1, 0.15) is 5.82 Å². The van der Waals surface area contributed by atoms with Crippen LogP contribution in [0.25, 0.3) is 0 Å². The van der Waals surface area contributed by atoms with Gasteiger partial charge in [0, 0.05) is 25.2 Å². The number of hydrogen-bond donors (Lipinski definition) is 1. The first kappa shape index (κ1) is 17.0. The maximum atomic E-state index is 11.9. The van der Waals surface area contributed by atoms with E-state index in [0.29, 0.717) is 5.82 Å². The maximum absolute atomic E-state index is 11.9. The van der Waals surface area contributed by atoms with E-state index in [9.17, 15) is 8.42 Å². The first-order valence-corrected chi connectivity index (χ1v) is 9.94. The van der Waals surface area contributed by atoms with Gasteiger partial charge in [0.15, 0.2) is 0 Å². The summed E-state index contributed by atoms with van der Waals surface area (Å²) in [5, 5.41) is 4.42. The van der Waals surface area contributed by atoms with Gasteiger partial charge in [-0.3, -0.25) is 9.62 Å². The standard InChI is InChI=1S/C17H24N4O2S/c1-3-24(22,23)19-17-14(2)11-18-21(17)16-9-10-20(13-16)12-15-7-5-4-6-8-15/h4-8,11,16,19H,3,9-10,12-13H2,1-2H3/t16-/m0/s1. The van der Waals surface area contributed by atoms with Crippen molar-refractivity contribution < 1.29 is 8.42 Å². The van der Waals surface area contributed by atoms with Crippen LogP contribution < -0.4 is 4.72 Å². The number of aromatic nitrogens is 2. The minimum atomic E-state index is -3.30. The number of nitrogens with zero attached hydrogens (tertiary/aromatic N) is 3. The number of rotatable bonds is 6. The van der Waals surface area contributed by atoms with Gasteiger partial charge in [-0.15, -0.1) is 0 Å². The zero-order chi connectivity index (χ0) is 17.2. The Morgan fingerprint density at radius 2 is 2.04 bits per heavy atom. The van der Waals surface area contributed by atoms with Crippen molar-refractivity contribution in [2.75, 3.05) is 23.6 Å². The summed E-state index contributed by atoms with van der Waals surface area (Å²) < 4.78 is 28.4. The topological polar surface area (TPSA) is 67.2 Å². The molecule has 0 aliphatic carbocycles. The average molecular weight is 348 g/mol. The van der Waals surface area contributed by atoms with Crippen molar-refractivity contribution in [3.63, 3.8) is 0 Å². The van der Waals surface area contributed by atoms with Crippen molar-refractivity contribution in [2.24, 2.45) is 0 Å². The average Bonchev–Trinajstić information content (AvgIpc) is 3.16. The van der Waals surface area contributed by atoms with Crippen molar-refractivity contribution >= 4 is 15.8 Å². The van der Waals surface area contributed by atoms with Crippen LogP contribution in [0.1, 0.15) is 30.5 Å². The fraction of sp³-hybridized carbons (Fsp3) is 0.471. The molecule has 2 aromatic rings. The van der Waals surface area contributed by atoms with E-state index in [4.69, 9.17) is 0 Å². The highest BCUT2D eigenvalue weighted by Gasteiger charge is 2.27. The minimum absolute atomic E-state index is 0.0580. The predicted octanol–water partition coefficient (Wildman–Crippen LogP) is 2.40. The number of benzene rings is 1. The highest BCUT2D eigenvalue weighted by Crippen LogP contribution is 2.28. The molecule has 7 heteroatoms. The zero-order valence-corrected chi connectivity index (χ0v) is 15.0. The number of hydrogen-bond acceptors (Lipinski definition) is 4. The highest BCUT2D eigenvalue weighted by atomic mass is 32.2. The van der Waals surface area contributed by atoms with Crippen LogP contribution >= 0.6 is 0 Å². The van der Waals surface area contributed by atoms with Crippen molar-refractivity contribution in [3.05, 3.63) is 47.7 Å². The van der Waals surface area contributed by atoms with Gasteiger partial charge in [0.2, 0.25) is 10.0 Å². The van der Waals surface area contributed by atoms with E-state index in [-0.39, 0.29) is 11.8 Å². The van der Waals surface area contributed by atoms with Crippen molar-refractivity contribution in [2.45, 2.75) is 32.9 Å². The SMILES string of the molecule is CCS(=O)(=O)Nc1c(C)cnn1[C@H]1CCN(Cc2ccccc2)C1. The third kappa shape index (κ3) is 3.79. The predicted molar refractivity (Wildman–Crippen MR) is 95.4 cm³/mol. The van der Waals surface area contributed by atoms with E-state index >= 15 is 0 Å². The Morgan fingerprint density at radius 3 is 2.75 bits per heavy atom. The summed E-state index contributed by atoms with van der Waals surface area (Å²) in [6.07, 6.45) is 2.70. The molecule has 1 aromatic carbocycles. The number of likely N-dealkylation sites (tertiary alicyclic amines) is 1. The number of anilines is 1. The van der Waals surface area contributed by atoms with Gasteiger partial charge >= 0.3 is 0 Å². The first-order valence-electron chi connectivity index (χ1n) is 8.29. The van der Waals surface area contributed by atoms with E-state index in [2.05, 4.69) is 39.0 Å². The lowest BCUT2D eigenvalue weighted by atomic mass is 10.2. The molecule has 0 saturated carbocycles. The molecule has 0 spiro atoms. The van der Waals surface area contributed by atoms with Crippen LogP contribution in [0.3, 0.4) is 0 Å². The molecule has 1 aliphatic rings. The fourth-order valence-corrected chi connectivity index (χ4v) is 3.76. The van der Waals surface area contributed by atoms with E-state index in [1.807, 2.05) is 17.7 Å². The van der Waals surface area contributed by atoms with Gasteiger partial charge < -0.3 is 0 Å². The summed E-state index contributed by atoms with van der Waals surface area (Å²) in [6, 6.07) is 10.6. The molecule has 2 heterocycles. The number of sulfonamides is 1. The molecule has 1 saturated heterocycles. The second kappa shape index (κ2) is 6.94. The molecule has 1 atom stereocenters. The third-order valence-electron chi connectivity index (χ3n) is 4.45. The molecule has 0 bridgehead atoms. The van der Waals surface area contributed by atoms with Gasteiger partial charge in [-0.1, -0.05) is 30.3 Å². The smallest absolute Gasteiger partial charge is 0.233 e. The van der Waals surface area contributed by atoms with Gasteiger partial charge in [-0.05, 0) is 25.8 Å². The molecule has 1 aliphatic heterocycles. The normalized spacial score (nSPS) is 18.8. The van der Waals surface area contributed by atoms with Gasteiger partial charge in [0.05, 0.1) is 18.0 Å². The molecule has 1 N–H and O–H groups in total. The Hall–Kier alpha value is -1.86. The molecule has 0 radical (unpaired) electrons. The Bertz CT molecular complexity index is 786. The number of nitrogens with one attached hydrogen (secondary N) is 1. The maximum Gasteiger partial charge on any atom is 0.233 e. The Balaban J connectivity index is 1.72. The minimum Gasteiger partial charge on any atom is -0.297 e. The van der Waals surface area contributed by atoms with Crippen LogP contribution in [0.15, 0.2) is 36.5 Å². The summed E-state index contributed by atoms with van der Waals surface area (Å²) in [6.45, 7) is 6.28. The molecular weight excluding hydrogens is 324 g/mol. The van der Waals surface area contributed by atoms with Crippen LogP contribution in [0.2, 0.25) is 0 Å². The summed E-state index contributed by atoms with van der Waals surface area (Å²) in [4.78, 5) is 2.38. The Labute approximate surface area is 143 Å². The largest absolute Gasteiger partial charge is 0.297 e. The van der Waals surface area contributed by atoms with Crippen LogP contribution in [0.5, 0.6) is 0 Å². The van der Waals surface area contributed by atoms with E-state index < -0.39 is 10.0 Å². The number of aryl methyl sites for hydroxylation is 1. The molecular formula is C17H24N4O2S. The van der Waals surface area contributed by atoms with Crippen molar-refractivity contribution in [1.29, 1.82) is 0 Å². The Kier molecular flexibility index (Phi) is 4.91. The summed E-state index contributed by atoms with van der Waals surface area (Å²) in [5.74, 6) is 0.658. The highest BCUT2D eigenvalue weighted by molar-refractivity contribution is 7.92. The third-order valence-corrected chi connectivity index (χ3v) is 5.72. The molecule has 24 heavy (non-hydrogen) atoms. The van der Waals surface area contributed by atoms with E-state index in [0.717, 1.165) is 31.6 Å². The fourth-order valence-electron chi connectivity index (χ4n) is 3.07. The first-order chi connectivity index (χ1) is 11.5. The second-order valence-electron chi connectivity index (χ2n) is 6.29. The molecule has 3 rings (SSSR count). The molecule has 0 amide bonds. The van der Waals surface area contributed by atoms with Gasteiger partial charge in [-0.2, -0.15) is 5.10 Å². The van der Waals surface area contributed by atoms with E-state index in [1.165, 1.54) is 5.56 Å². The van der Waals surface area contributed by atoms with Crippen LogP contribution in [0.4, 0.5) is 5.82 Å². The summed E-state index contributed by atoms with van der Waals surface area (Å²) >= 11 is 0. The molecule has 130 valence electrons. The molecule has 1 aromatic heterocycles. The lowest BCUT2D eigenvalue weighted by Crippen LogP contribution is -2.24. The van der Waals surface area contributed by atoms with Gasteiger partial charge in [0.25, 0.3) is 0 Å². The Morgan fingerprint density at radius 1 is 1.29 bits per heavy atom. The van der Waals surface area contributed by atoms with Crippen LogP contribution in [0, 0.1) is 6.92 Å².